The summed E-state index contributed by atoms with van der Waals surface area (Å²) in [6, 6.07) is 6.19. The van der Waals surface area contributed by atoms with Gasteiger partial charge in [0.05, 0.1) is 12.2 Å². The topological polar surface area (TPSA) is 38.5 Å². The summed E-state index contributed by atoms with van der Waals surface area (Å²) in [5.74, 6) is 0. The molecule has 0 radical (unpaired) electrons. The Kier molecular flexibility index (Phi) is 4.71. The van der Waals surface area contributed by atoms with Gasteiger partial charge in [0, 0.05) is 29.8 Å². The first-order valence-electron chi connectivity index (χ1n) is 6.90. The predicted octanol–water partition coefficient (Wildman–Crippen LogP) is 2.84. The van der Waals surface area contributed by atoms with Crippen LogP contribution in [0.5, 0.6) is 0 Å². The molecule has 0 aliphatic carbocycles. The standard InChI is InChI=1S/C15H23ClN2O/c1-10(17)7-13-14(16)5-4-6-15(13)18-8-11(2)19-12(3)9-18/h4-6,10-12H,7-9,17H2,1-3H3. The molecule has 1 saturated heterocycles. The fraction of sp³-hybridized carbons (Fsp3) is 0.600. The molecule has 1 fully saturated rings. The lowest BCUT2D eigenvalue weighted by Crippen LogP contribution is -2.46. The second-order valence-corrected chi connectivity index (χ2v) is 5.99. The monoisotopic (exact) mass is 282 g/mol. The second-order valence-electron chi connectivity index (χ2n) is 5.58. The summed E-state index contributed by atoms with van der Waals surface area (Å²) < 4.78 is 5.79. The van der Waals surface area contributed by atoms with Crippen molar-refractivity contribution in [3.63, 3.8) is 0 Å². The van der Waals surface area contributed by atoms with Gasteiger partial charge in [-0.2, -0.15) is 0 Å². The van der Waals surface area contributed by atoms with Gasteiger partial charge in [-0.15, -0.1) is 0 Å². The smallest absolute Gasteiger partial charge is 0.0726 e. The van der Waals surface area contributed by atoms with Crippen LogP contribution in [0.2, 0.25) is 5.02 Å². The highest BCUT2D eigenvalue weighted by molar-refractivity contribution is 6.31. The Bertz CT molecular complexity index is 426. The van der Waals surface area contributed by atoms with Crippen molar-refractivity contribution in [2.24, 2.45) is 5.73 Å². The van der Waals surface area contributed by atoms with Crippen LogP contribution in [0.3, 0.4) is 0 Å². The highest BCUT2D eigenvalue weighted by Crippen LogP contribution is 2.30. The number of anilines is 1. The summed E-state index contributed by atoms with van der Waals surface area (Å²) in [5, 5.41) is 0.807. The zero-order chi connectivity index (χ0) is 14.0. The van der Waals surface area contributed by atoms with E-state index < -0.39 is 0 Å². The molecule has 1 aliphatic rings. The Hall–Kier alpha value is -0.770. The fourth-order valence-electron chi connectivity index (χ4n) is 2.74. The van der Waals surface area contributed by atoms with Gasteiger partial charge in [-0.05, 0) is 44.9 Å². The van der Waals surface area contributed by atoms with Crippen LogP contribution in [0, 0.1) is 0 Å². The minimum absolute atomic E-state index is 0.106. The van der Waals surface area contributed by atoms with Crippen LogP contribution in [0.15, 0.2) is 18.2 Å². The Morgan fingerprint density at radius 1 is 1.37 bits per heavy atom. The Balaban J connectivity index is 2.30. The van der Waals surface area contributed by atoms with Crippen molar-refractivity contribution in [3.05, 3.63) is 28.8 Å². The number of hydrogen-bond acceptors (Lipinski definition) is 3. The summed E-state index contributed by atoms with van der Waals surface area (Å²) in [6.45, 7) is 8.03. The molecule has 0 spiro atoms. The van der Waals surface area contributed by atoms with Crippen molar-refractivity contribution in [3.8, 4) is 0 Å². The summed E-state index contributed by atoms with van der Waals surface area (Å²) in [7, 11) is 0. The lowest BCUT2D eigenvalue weighted by Gasteiger charge is -2.38. The molecule has 0 bridgehead atoms. The van der Waals surface area contributed by atoms with Crippen LogP contribution in [-0.4, -0.2) is 31.3 Å². The highest BCUT2D eigenvalue weighted by Gasteiger charge is 2.24. The maximum absolute atomic E-state index is 6.35. The van der Waals surface area contributed by atoms with Crippen molar-refractivity contribution >= 4 is 17.3 Å². The van der Waals surface area contributed by atoms with E-state index >= 15 is 0 Å². The molecule has 3 atom stereocenters. The molecular weight excluding hydrogens is 260 g/mol. The summed E-state index contributed by atoms with van der Waals surface area (Å²) in [6.07, 6.45) is 1.28. The molecular formula is C15H23ClN2O. The quantitative estimate of drug-likeness (QED) is 0.926. The number of nitrogens with two attached hydrogens (primary N) is 1. The Morgan fingerprint density at radius 3 is 2.58 bits per heavy atom. The van der Waals surface area contributed by atoms with Crippen molar-refractivity contribution in [1.82, 2.24) is 0 Å². The molecule has 19 heavy (non-hydrogen) atoms. The second kappa shape index (κ2) is 6.12. The Labute approximate surface area is 120 Å². The van der Waals surface area contributed by atoms with E-state index in [1.165, 1.54) is 5.69 Å². The molecule has 106 valence electrons. The van der Waals surface area contributed by atoms with Gasteiger partial charge in [0.25, 0.3) is 0 Å². The third-order valence-corrected chi connectivity index (χ3v) is 3.73. The van der Waals surface area contributed by atoms with Crippen LogP contribution in [-0.2, 0) is 11.2 Å². The number of morpholine rings is 1. The van der Waals surface area contributed by atoms with Gasteiger partial charge in [-0.25, -0.2) is 0 Å². The van der Waals surface area contributed by atoms with Crippen LogP contribution < -0.4 is 10.6 Å². The number of benzene rings is 1. The number of hydrogen-bond donors (Lipinski definition) is 1. The van der Waals surface area contributed by atoms with E-state index in [0.717, 1.165) is 30.1 Å². The molecule has 3 unspecified atom stereocenters. The van der Waals surface area contributed by atoms with Gasteiger partial charge in [0.1, 0.15) is 0 Å². The molecule has 1 heterocycles. The van der Waals surface area contributed by atoms with Gasteiger partial charge in [0.2, 0.25) is 0 Å². The molecule has 4 heteroatoms. The number of nitrogens with zero attached hydrogens (tertiary/aromatic N) is 1. The summed E-state index contributed by atoms with van der Waals surface area (Å²) in [5.41, 5.74) is 8.30. The van der Waals surface area contributed by atoms with E-state index in [-0.39, 0.29) is 18.2 Å². The number of rotatable bonds is 3. The highest BCUT2D eigenvalue weighted by atomic mass is 35.5. The zero-order valence-corrected chi connectivity index (χ0v) is 12.7. The summed E-state index contributed by atoms with van der Waals surface area (Å²) in [4.78, 5) is 2.36. The van der Waals surface area contributed by atoms with E-state index in [9.17, 15) is 0 Å². The van der Waals surface area contributed by atoms with E-state index in [2.05, 4.69) is 24.8 Å². The zero-order valence-electron chi connectivity index (χ0n) is 11.9. The van der Waals surface area contributed by atoms with Gasteiger partial charge < -0.3 is 15.4 Å². The normalized spacial score (nSPS) is 25.4. The summed E-state index contributed by atoms with van der Waals surface area (Å²) >= 11 is 6.35. The van der Waals surface area contributed by atoms with Crippen LogP contribution in [0.1, 0.15) is 26.3 Å². The third-order valence-electron chi connectivity index (χ3n) is 3.38. The molecule has 0 aromatic heterocycles. The van der Waals surface area contributed by atoms with Crippen molar-refractivity contribution < 1.29 is 4.74 Å². The van der Waals surface area contributed by atoms with Crippen molar-refractivity contribution in [2.75, 3.05) is 18.0 Å². The van der Waals surface area contributed by atoms with Gasteiger partial charge >= 0.3 is 0 Å². The van der Waals surface area contributed by atoms with E-state index in [1.807, 2.05) is 19.1 Å². The maximum atomic E-state index is 6.35. The molecule has 2 N–H and O–H groups in total. The minimum atomic E-state index is 0.106. The van der Waals surface area contributed by atoms with E-state index in [4.69, 9.17) is 22.1 Å². The molecule has 3 nitrogen and oxygen atoms in total. The molecule has 2 rings (SSSR count). The largest absolute Gasteiger partial charge is 0.372 e. The molecule has 1 aromatic rings. The lowest BCUT2D eigenvalue weighted by molar-refractivity contribution is -0.00526. The minimum Gasteiger partial charge on any atom is -0.372 e. The van der Waals surface area contributed by atoms with E-state index in [1.54, 1.807) is 0 Å². The van der Waals surface area contributed by atoms with Crippen LogP contribution in [0.25, 0.3) is 0 Å². The van der Waals surface area contributed by atoms with Gasteiger partial charge in [-0.1, -0.05) is 17.7 Å². The molecule has 0 saturated carbocycles. The maximum Gasteiger partial charge on any atom is 0.0726 e. The first kappa shape index (κ1) is 14.6. The van der Waals surface area contributed by atoms with Gasteiger partial charge in [0.15, 0.2) is 0 Å². The first-order valence-corrected chi connectivity index (χ1v) is 7.28. The first-order chi connectivity index (χ1) is 8.97. The Morgan fingerprint density at radius 2 is 2.00 bits per heavy atom. The lowest BCUT2D eigenvalue weighted by atomic mass is 10.0. The van der Waals surface area contributed by atoms with Crippen LogP contribution in [0.4, 0.5) is 5.69 Å². The van der Waals surface area contributed by atoms with Crippen molar-refractivity contribution in [2.45, 2.75) is 45.4 Å². The molecule has 1 aliphatic heterocycles. The third kappa shape index (κ3) is 3.62. The average Bonchev–Trinajstić information content (AvgIpc) is 2.30. The average molecular weight is 283 g/mol. The molecule has 0 amide bonds. The fourth-order valence-corrected chi connectivity index (χ4v) is 2.99. The predicted molar refractivity (Wildman–Crippen MR) is 81.0 cm³/mol. The van der Waals surface area contributed by atoms with Gasteiger partial charge in [-0.3, -0.25) is 0 Å². The number of ether oxygens (including phenoxy) is 1. The number of halogens is 1. The van der Waals surface area contributed by atoms with E-state index in [0.29, 0.717) is 0 Å². The van der Waals surface area contributed by atoms with Crippen molar-refractivity contribution in [1.29, 1.82) is 0 Å². The SMILES string of the molecule is CC(N)Cc1c(Cl)cccc1N1CC(C)OC(C)C1. The van der Waals surface area contributed by atoms with Crippen LogP contribution >= 0.6 is 11.6 Å². The molecule has 1 aromatic carbocycles.